The maximum atomic E-state index is 11.6. The number of carbonyl (C=O) groups is 1. The molecule has 0 N–H and O–H groups in total. The van der Waals surface area contributed by atoms with Crippen molar-refractivity contribution < 1.29 is 4.79 Å². The minimum absolute atomic E-state index is 0.389. The van der Waals surface area contributed by atoms with Crippen LogP contribution in [-0.4, -0.2) is 5.91 Å². The van der Waals surface area contributed by atoms with Gasteiger partial charge in [0.15, 0.2) is 0 Å². The standard InChI is InChI=1S/C14H9N3O/c15-10-11-6-8-13(9-7-11)16-17-14(18)12-4-2-1-3-5-12/h1-9H. The van der Waals surface area contributed by atoms with Crippen LogP contribution in [0.2, 0.25) is 0 Å². The van der Waals surface area contributed by atoms with Gasteiger partial charge in [-0.15, -0.1) is 10.2 Å². The second-order valence-electron chi connectivity index (χ2n) is 3.53. The summed E-state index contributed by atoms with van der Waals surface area (Å²) in [5.41, 5.74) is 1.58. The molecule has 0 atom stereocenters. The molecule has 0 saturated carbocycles. The zero-order valence-corrected chi connectivity index (χ0v) is 9.45. The first-order valence-electron chi connectivity index (χ1n) is 5.31. The van der Waals surface area contributed by atoms with Gasteiger partial charge < -0.3 is 0 Å². The van der Waals surface area contributed by atoms with E-state index in [1.807, 2.05) is 12.1 Å². The molecule has 86 valence electrons. The lowest BCUT2D eigenvalue weighted by Gasteiger charge is -1.93. The number of azo groups is 1. The molecule has 0 unspecified atom stereocenters. The van der Waals surface area contributed by atoms with Gasteiger partial charge in [0.05, 0.1) is 17.3 Å². The summed E-state index contributed by atoms with van der Waals surface area (Å²) in [5.74, 6) is -0.389. The summed E-state index contributed by atoms with van der Waals surface area (Å²) in [7, 11) is 0. The van der Waals surface area contributed by atoms with E-state index < -0.39 is 0 Å². The third kappa shape index (κ3) is 2.86. The summed E-state index contributed by atoms with van der Waals surface area (Å²) in [6.45, 7) is 0. The Hall–Kier alpha value is -2.80. The molecule has 0 aliphatic rings. The quantitative estimate of drug-likeness (QED) is 0.748. The Balaban J connectivity index is 2.11. The van der Waals surface area contributed by atoms with Crippen molar-refractivity contribution in [1.29, 1.82) is 5.26 Å². The second-order valence-corrected chi connectivity index (χ2v) is 3.53. The summed E-state index contributed by atoms with van der Waals surface area (Å²) in [4.78, 5) is 11.6. The molecule has 0 spiro atoms. The Labute approximate surface area is 104 Å². The third-order valence-corrected chi connectivity index (χ3v) is 2.27. The predicted molar refractivity (Wildman–Crippen MR) is 66.4 cm³/mol. The number of rotatable bonds is 2. The zero-order chi connectivity index (χ0) is 12.8. The van der Waals surface area contributed by atoms with Gasteiger partial charge in [0.2, 0.25) is 0 Å². The molecule has 2 aromatic carbocycles. The van der Waals surface area contributed by atoms with E-state index >= 15 is 0 Å². The van der Waals surface area contributed by atoms with E-state index in [0.29, 0.717) is 16.8 Å². The molecule has 0 aromatic heterocycles. The van der Waals surface area contributed by atoms with Gasteiger partial charge in [-0.2, -0.15) is 5.26 Å². The molecule has 4 nitrogen and oxygen atoms in total. The van der Waals surface area contributed by atoms with Crippen LogP contribution >= 0.6 is 0 Å². The minimum Gasteiger partial charge on any atom is -0.265 e. The first-order valence-corrected chi connectivity index (χ1v) is 5.31. The van der Waals surface area contributed by atoms with Crippen molar-refractivity contribution in [3.63, 3.8) is 0 Å². The fraction of sp³-hybridized carbons (Fsp3) is 0. The molecule has 0 aliphatic heterocycles. The second kappa shape index (κ2) is 5.51. The van der Waals surface area contributed by atoms with Crippen molar-refractivity contribution in [3.05, 3.63) is 65.7 Å². The molecule has 0 bridgehead atoms. The molecule has 2 aromatic rings. The Morgan fingerprint density at radius 1 is 1.00 bits per heavy atom. The number of hydrogen-bond donors (Lipinski definition) is 0. The molecule has 0 radical (unpaired) electrons. The summed E-state index contributed by atoms with van der Waals surface area (Å²) in [6.07, 6.45) is 0. The molecular weight excluding hydrogens is 226 g/mol. The van der Waals surface area contributed by atoms with Crippen LogP contribution in [0.25, 0.3) is 0 Å². The van der Waals surface area contributed by atoms with Crippen molar-refractivity contribution in [2.75, 3.05) is 0 Å². The molecule has 4 heteroatoms. The lowest BCUT2D eigenvalue weighted by molar-refractivity contribution is 0.0995. The van der Waals surface area contributed by atoms with Gasteiger partial charge >= 0.3 is 0 Å². The van der Waals surface area contributed by atoms with Crippen molar-refractivity contribution >= 4 is 11.6 Å². The average Bonchev–Trinajstić information content (AvgIpc) is 2.46. The highest BCUT2D eigenvalue weighted by Gasteiger charge is 2.01. The fourth-order valence-corrected chi connectivity index (χ4v) is 1.34. The Kier molecular flexibility index (Phi) is 3.57. The fourth-order valence-electron chi connectivity index (χ4n) is 1.34. The number of benzene rings is 2. The summed E-state index contributed by atoms with van der Waals surface area (Å²) in [5, 5.41) is 16.1. The van der Waals surface area contributed by atoms with Gasteiger partial charge in [-0.3, -0.25) is 4.79 Å². The van der Waals surface area contributed by atoms with Crippen LogP contribution in [0.4, 0.5) is 5.69 Å². The lowest BCUT2D eigenvalue weighted by Crippen LogP contribution is -1.91. The van der Waals surface area contributed by atoms with Crippen LogP contribution in [0.15, 0.2) is 64.8 Å². The van der Waals surface area contributed by atoms with Crippen molar-refractivity contribution in [2.24, 2.45) is 10.2 Å². The van der Waals surface area contributed by atoms with E-state index in [0.717, 1.165) is 0 Å². The van der Waals surface area contributed by atoms with Gasteiger partial charge in [0.1, 0.15) is 0 Å². The highest BCUT2D eigenvalue weighted by atomic mass is 16.1. The van der Waals surface area contributed by atoms with Gasteiger partial charge in [-0.05, 0) is 36.4 Å². The van der Waals surface area contributed by atoms with Crippen LogP contribution in [0.5, 0.6) is 0 Å². The van der Waals surface area contributed by atoms with Crippen molar-refractivity contribution in [2.45, 2.75) is 0 Å². The van der Waals surface area contributed by atoms with Gasteiger partial charge in [0, 0.05) is 5.56 Å². The number of hydrogen-bond acceptors (Lipinski definition) is 3. The van der Waals surface area contributed by atoms with Gasteiger partial charge in [-0.1, -0.05) is 18.2 Å². The first-order chi connectivity index (χ1) is 8.79. The van der Waals surface area contributed by atoms with Crippen LogP contribution in [0.3, 0.4) is 0 Å². The largest absolute Gasteiger partial charge is 0.295 e. The normalized spacial score (nSPS) is 10.2. The molecule has 0 aliphatic carbocycles. The van der Waals surface area contributed by atoms with E-state index in [1.165, 1.54) is 0 Å². The Morgan fingerprint density at radius 2 is 1.67 bits per heavy atom. The van der Waals surface area contributed by atoms with E-state index in [2.05, 4.69) is 10.2 Å². The highest BCUT2D eigenvalue weighted by molar-refractivity contribution is 5.94. The van der Waals surface area contributed by atoms with E-state index in [1.54, 1.807) is 48.5 Å². The molecular formula is C14H9N3O. The predicted octanol–water partition coefficient (Wildman–Crippen LogP) is 3.48. The zero-order valence-electron chi connectivity index (χ0n) is 9.45. The molecule has 18 heavy (non-hydrogen) atoms. The van der Waals surface area contributed by atoms with E-state index in [-0.39, 0.29) is 5.91 Å². The lowest BCUT2D eigenvalue weighted by atomic mass is 10.2. The summed E-state index contributed by atoms with van der Waals surface area (Å²) in [6, 6.07) is 17.3. The summed E-state index contributed by atoms with van der Waals surface area (Å²) >= 11 is 0. The SMILES string of the molecule is N#Cc1ccc(N=NC(=O)c2ccccc2)cc1. The molecule has 2 rings (SSSR count). The maximum Gasteiger partial charge on any atom is 0.295 e. The van der Waals surface area contributed by atoms with Crippen LogP contribution in [0.1, 0.15) is 15.9 Å². The Bertz CT molecular complexity index is 610. The molecule has 0 fully saturated rings. The summed E-state index contributed by atoms with van der Waals surface area (Å²) < 4.78 is 0. The highest BCUT2D eigenvalue weighted by Crippen LogP contribution is 2.13. The first kappa shape index (κ1) is 11.7. The smallest absolute Gasteiger partial charge is 0.265 e. The average molecular weight is 235 g/mol. The number of nitrogens with zero attached hydrogens (tertiary/aromatic N) is 3. The molecule has 0 saturated heterocycles. The van der Waals surface area contributed by atoms with Crippen LogP contribution < -0.4 is 0 Å². The van der Waals surface area contributed by atoms with Crippen LogP contribution in [-0.2, 0) is 0 Å². The molecule has 0 heterocycles. The van der Waals surface area contributed by atoms with Crippen molar-refractivity contribution in [3.8, 4) is 6.07 Å². The van der Waals surface area contributed by atoms with Gasteiger partial charge in [-0.25, -0.2) is 0 Å². The maximum absolute atomic E-state index is 11.6. The van der Waals surface area contributed by atoms with Crippen molar-refractivity contribution in [1.82, 2.24) is 0 Å². The Morgan fingerprint density at radius 3 is 2.28 bits per heavy atom. The third-order valence-electron chi connectivity index (χ3n) is 2.27. The monoisotopic (exact) mass is 235 g/mol. The van der Waals surface area contributed by atoms with E-state index in [4.69, 9.17) is 5.26 Å². The minimum atomic E-state index is -0.389. The van der Waals surface area contributed by atoms with E-state index in [9.17, 15) is 4.79 Å². The number of amides is 1. The van der Waals surface area contributed by atoms with Crippen LogP contribution in [0, 0.1) is 11.3 Å². The molecule has 1 amide bonds. The number of carbonyl (C=O) groups excluding carboxylic acids is 1. The number of nitriles is 1. The topological polar surface area (TPSA) is 65.6 Å². The van der Waals surface area contributed by atoms with Gasteiger partial charge in [0.25, 0.3) is 5.91 Å².